The Labute approximate surface area is 132 Å². The summed E-state index contributed by atoms with van der Waals surface area (Å²) >= 11 is 5.69. The zero-order chi connectivity index (χ0) is 16.5. The molecule has 8 nitrogen and oxygen atoms in total. The molecule has 120 valence electrons. The van der Waals surface area contributed by atoms with E-state index in [-0.39, 0.29) is 28.9 Å². The van der Waals surface area contributed by atoms with Crippen molar-refractivity contribution in [1.29, 1.82) is 0 Å². The van der Waals surface area contributed by atoms with Crippen molar-refractivity contribution >= 4 is 33.2 Å². The van der Waals surface area contributed by atoms with Crippen LogP contribution in [0.4, 0.5) is 5.69 Å². The molecule has 0 aliphatic carbocycles. The molecule has 0 N–H and O–H groups in total. The third-order valence-electron chi connectivity index (χ3n) is 3.44. The van der Waals surface area contributed by atoms with Crippen LogP contribution in [0.5, 0.6) is 0 Å². The summed E-state index contributed by atoms with van der Waals surface area (Å²) in [5, 5.41) is 10.7. The molecule has 1 aromatic carbocycles. The lowest BCUT2D eigenvalue weighted by Gasteiger charge is -2.33. The summed E-state index contributed by atoms with van der Waals surface area (Å²) in [5.74, 6) is -0.112. The summed E-state index contributed by atoms with van der Waals surface area (Å²) in [6, 6.07) is 3.38. The number of carbonyl (C=O) groups is 1. The van der Waals surface area contributed by atoms with Crippen LogP contribution in [0.1, 0.15) is 6.92 Å². The average Bonchev–Trinajstić information content (AvgIpc) is 2.47. The predicted molar refractivity (Wildman–Crippen MR) is 79.1 cm³/mol. The van der Waals surface area contributed by atoms with Gasteiger partial charge in [0.1, 0.15) is 5.02 Å². The first-order chi connectivity index (χ1) is 10.2. The maximum atomic E-state index is 12.5. The number of hydrogen-bond acceptors (Lipinski definition) is 5. The zero-order valence-electron chi connectivity index (χ0n) is 11.7. The minimum atomic E-state index is -3.85. The Hall–Kier alpha value is -1.71. The Morgan fingerprint density at radius 3 is 2.36 bits per heavy atom. The van der Waals surface area contributed by atoms with Crippen molar-refractivity contribution < 1.29 is 18.1 Å². The molecule has 22 heavy (non-hydrogen) atoms. The summed E-state index contributed by atoms with van der Waals surface area (Å²) in [5.41, 5.74) is -0.454. The largest absolute Gasteiger partial charge is 0.340 e. The fourth-order valence-corrected chi connectivity index (χ4v) is 3.81. The van der Waals surface area contributed by atoms with Gasteiger partial charge in [0.05, 0.1) is 9.82 Å². The first kappa shape index (κ1) is 16.7. The average molecular weight is 348 g/mol. The van der Waals surface area contributed by atoms with Crippen molar-refractivity contribution in [3.63, 3.8) is 0 Å². The fourth-order valence-electron chi connectivity index (χ4n) is 2.19. The molecule has 1 heterocycles. The number of piperazine rings is 1. The van der Waals surface area contributed by atoms with E-state index in [0.717, 1.165) is 6.07 Å². The molecule has 1 saturated heterocycles. The van der Waals surface area contributed by atoms with Crippen molar-refractivity contribution in [3.8, 4) is 0 Å². The molecule has 0 unspecified atom stereocenters. The number of nitro benzene ring substituents is 1. The van der Waals surface area contributed by atoms with Gasteiger partial charge in [0, 0.05) is 39.2 Å². The molecular formula is C12H14ClN3O5S. The Kier molecular flexibility index (Phi) is 4.69. The number of rotatable bonds is 3. The topological polar surface area (TPSA) is 101 Å². The van der Waals surface area contributed by atoms with Gasteiger partial charge < -0.3 is 4.90 Å². The number of amides is 1. The van der Waals surface area contributed by atoms with Crippen molar-refractivity contribution in [2.24, 2.45) is 0 Å². The summed E-state index contributed by atoms with van der Waals surface area (Å²) in [4.78, 5) is 22.8. The van der Waals surface area contributed by atoms with Gasteiger partial charge in [-0.05, 0) is 12.1 Å². The van der Waals surface area contributed by atoms with Gasteiger partial charge in [-0.25, -0.2) is 8.42 Å². The van der Waals surface area contributed by atoms with Crippen molar-refractivity contribution in [2.45, 2.75) is 11.8 Å². The molecule has 0 aromatic heterocycles. The van der Waals surface area contributed by atoms with E-state index in [9.17, 15) is 23.3 Å². The summed E-state index contributed by atoms with van der Waals surface area (Å²) in [6.45, 7) is 2.32. The van der Waals surface area contributed by atoms with E-state index in [2.05, 4.69) is 0 Å². The lowest BCUT2D eigenvalue weighted by molar-refractivity contribution is -0.384. The van der Waals surface area contributed by atoms with Gasteiger partial charge in [0.15, 0.2) is 0 Å². The molecule has 0 atom stereocenters. The molecule has 0 radical (unpaired) electrons. The van der Waals surface area contributed by atoms with E-state index in [1.54, 1.807) is 4.90 Å². The van der Waals surface area contributed by atoms with Crippen LogP contribution in [-0.2, 0) is 14.8 Å². The number of sulfonamides is 1. The number of nitrogens with zero attached hydrogens (tertiary/aromatic N) is 3. The zero-order valence-corrected chi connectivity index (χ0v) is 13.3. The Balaban J connectivity index is 2.26. The molecule has 0 spiro atoms. The molecule has 2 rings (SSSR count). The lowest BCUT2D eigenvalue weighted by atomic mass is 10.3. The minimum absolute atomic E-state index is 0.112. The summed E-state index contributed by atoms with van der Waals surface area (Å²) in [6.07, 6.45) is 0. The highest BCUT2D eigenvalue weighted by Gasteiger charge is 2.30. The summed E-state index contributed by atoms with van der Waals surface area (Å²) < 4.78 is 26.2. The van der Waals surface area contributed by atoms with Crippen molar-refractivity contribution in [1.82, 2.24) is 9.21 Å². The van der Waals surface area contributed by atoms with Gasteiger partial charge in [-0.15, -0.1) is 0 Å². The molecule has 1 amide bonds. The molecule has 0 saturated carbocycles. The van der Waals surface area contributed by atoms with Gasteiger partial charge in [-0.2, -0.15) is 4.31 Å². The van der Waals surface area contributed by atoms with E-state index in [0.29, 0.717) is 13.1 Å². The number of benzene rings is 1. The van der Waals surface area contributed by atoms with Crippen LogP contribution in [-0.4, -0.2) is 54.6 Å². The number of nitro groups is 1. The Morgan fingerprint density at radius 2 is 1.86 bits per heavy atom. The molecule has 0 bridgehead atoms. The second kappa shape index (κ2) is 6.19. The predicted octanol–water partition coefficient (Wildman–Crippen LogP) is 1.10. The molecule has 1 aliphatic rings. The molecule has 1 fully saturated rings. The van der Waals surface area contributed by atoms with E-state index in [4.69, 9.17) is 11.6 Å². The van der Waals surface area contributed by atoms with Crippen LogP contribution < -0.4 is 0 Å². The third-order valence-corrected chi connectivity index (χ3v) is 5.65. The van der Waals surface area contributed by atoms with Gasteiger partial charge in [0.25, 0.3) is 5.69 Å². The van der Waals surface area contributed by atoms with Crippen LogP contribution in [0.15, 0.2) is 23.1 Å². The molecule has 1 aliphatic heterocycles. The first-order valence-electron chi connectivity index (χ1n) is 6.43. The van der Waals surface area contributed by atoms with Gasteiger partial charge in [-0.1, -0.05) is 11.6 Å². The third kappa shape index (κ3) is 3.21. The van der Waals surface area contributed by atoms with E-state index >= 15 is 0 Å². The summed E-state index contributed by atoms with van der Waals surface area (Å²) in [7, 11) is -3.85. The molecular weight excluding hydrogens is 334 g/mol. The van der Waals surface area contributed by atoms with Gasteiger partial charge in [0.2, 0.25) is 15.9 Å². The van der Waals surface area contributed by atoms with E-state index < -0.39 is 20.6 Å². The number of halogens is 1. The Morgan fingerprint density at radius 1 is 1.27 bits per heavy atom. The number of hydrogen-bond donors (Lipinski definition) is 0. The highest BCUT2D eigenvalue weighted by molar-refractivity contribution is 7.89. The highest BCUT2D eigenvalue weighted by Crippen LogP contribution is 2.28. The normalized spacial score (nSPS) is 16.5. The fraction of sp³-hybridized carbons (Fsp3) is 0.417. The van der Waals surface area contributed by atoms with Crippen LogP contribution in [0.25, 0.3) is 0 Å². The van der Waals surface area contributed by atoms with Crippen molar-refractivity contribution in [2.75, 3.05) is 26.2 Å². The SMILES string of the molecule is CC(=O)N1CCN(S(=O)(=O)c2ccc(Cl)c([N+](=O)[O-])c2)CC1. The minimum Gasteiger partial charge on any atom is -0.340 e. The first-order valence-corrected chi connectivity index (χ1v) is 8.25. The van der Waals surface area contributed by atoms with E-state index in [1.165, 1.54) is 23.4 Å². The standard InChI is InChI=1S/C12H14ClN3O5S/c1-9(17)14-4-6-15(7-5-14)22(20,21)10-2-3-11(13)12(8-10)16(18)19/h2-3,8H,4-7H2,1H3. The highest BCUT2D eigenvalue weighted by atomic mass is 35.5. The maximum Gasteiger partial charge on any atom is 0.289 e. The smallest absolute Gasteiger partial charge is 0.289 e. The van der Waals surface area contributed by atoms with Crippen LogP contribution >= 0.6 is 11.6 Å². The quantitative estimate of drug-likeness (QED) is 0.602. The molecule has 1 aromatic rings. The lowest BCUT2D eigenvalue weighted by Crippen LogP contribution is -2.49. The van der Waals surface area contributed by atoms with Crippen LogP contribution in [0.2, 0.25) is 5.02 Å². The maximum absolute atomic E-state index is 12.5. The molecule has 10 heteroatoms. The van der Waals surface area contributed by atoms with Crippen LogP contribution in [0.3, 0.4) is 0 Å². The van der Waals surface area contributed by atoms with Crippen LogP contribution in [0, 0.1) is 10.1 Å². The second-order valence-electron chi connectivity index (χ2n) is 4.78. The van der Waals surface area contributed by atoms with Gasteiger partial charge >= 0.3 is 0 Å². The number of carbonyl (C=O) groups excluding carboxylic acids is 1. The second-order valence-corrected chi connectivity index (χ2v) is 7.13. The van der Waals surface area contributed by atoms with Crippen molar-refractivity contribution in [3.05, 3.63) is 33.3 Å². The Bertz CT molecular complexity index is 713. The monoisotopic (exact) mass is 347 g/mol. The van der Waals surface area contributed by atoms with Gasteiger partial charge in [-0.3, -0.25) is 14.9 Å². The van der Waals surface area contributed by atoms with E-state index in [1.807, 2.05) is 0 Å².